The summed E-state index contributed by atoms with van der Waals surface area (Å²) < 4.78 is 0. The number of pyridine rings is 2. The minimum atomic E-state index is -0.185. The molecule has 2 rings (SSSR count). The summed E-state index contributed by atoms with van der Waals surface area (Å²) in [7, 11) is 0. The van der Waals surface area contributed by atoms with Gasteiger partial charge in [-0.3, -0.25) is 9.78 Å². The molecule has 0 bridgehead atoms. The average molecular weight is 262 g/mol. The molecule has 1 atom stereocenters. The van der Waals surface area contributed by atoms with Gasteiger partial charge in [-0.1, -0.05) is 17.7 Å². The van der Waals surface area contributed by atoms with E-state index in [1.165, 1.54) is 12.3 Å². The second-order valence-electron chi connectivity index (χ2n) is 3.85. The topological polar surface area (TPSA) is 54.9 Å². The van der Waals surface area contributed by atoms with E-state index in [-0.39, 0.29) is 11.9 Å². The van der Waals surface area contributed by atoms with Crippen LogP contribution in [0.15, 0.2) is 42.9 Å². The summed E-state index contributed by atoms with van der Waals surface area (Å²) in [6, 6.07) is 6.79. The van der Waals surface area contributed by atoms with E-state index in [0.29, 0.717) is 10.7 Å². The highest BCUT2D eigenvalue weighted by Gasteiger charge is 2.11. The number of amides is 1. The first-order valence-electron chi connectivity index (χ1n) is 5.49. The molecule has 2 heterocycles. The van der Waals surface area contributed by atoms with Crippen LogP contribution in [0.3, 0.4) is 0 Å². The maximum Gasteiger partial charge on any atom is 0.251 e. The van der Waals surface area contributed by atoms with Crippen molar-refractivity contribution in [2.45, 2.75) is 13.0 Å². The zero-order chi connectivity index (χ0) is 13.0. The number of nitrogens with zero attached hydrogens (tertiary/aromatic N) is 2. The van der Waals surface area contributed by atoms with Crippen LogP contribution in [0.1, 0.15) is 28.9 Å². The molecule has 0 saturated heterocycles. The lowest BCUT2D eigenvalue weighted by Gasteiger charge is -2.13. The maximum absolute atomic E-state index is 12.0. The molecular weight excluding hydrogens is 250 g/mol. The zero-order valence-corrected chi connectivity index (χ0v) is 10.6. The quantitative estimate of drug-likeness (QED) is 0.864. The summed E-state index contributed by atoms with van der Waals surface area (Å²) in [5.41, 5.74) is 1.44. The number of rotatable bonds is 3. The van der Waals surface area contributed by atoms with E-state index in [1.807, 2.05) is 19.1 Å². The van der Waals surface area contributed by atoms with Crippen LogP contribution in [0, 0.1) is 0 Å². The fourth-order valence-electron chi connectivity index (χ4n) is 1.54. The first-order chi connectivity index (χ1) is 8.66. The van der Waals surface area contributed by atoms with E-state index in [0.717, 1.165) is 5.56 Å². The predicted molar refractivity (Wildman–Crippen MR) is 69.4 cm³/mol. The number of hydrogen-bond acceptors (Lipinski definition) is 3. The van der Waals surface area contributed by atoms with Gasteiger partial charge in [-0.15, -0.1) is 0 Å². The van der Waals surface area contributed by atoms with Crippen LogP contribution in [0.25, 0.3) is 0 Å². The molecule has 5 heteroatoms. The third-order valence-corrected chi connectivity index (χ3v) is 2.73. The highest BCUT2D eigenvalue weighted by Crippen LogP contribution is 2.12. The molecule has 2 aromatic heterocycles. The highest BCUT2D eigenvalue weighted by atomic mass is 35.5. The SMILES string of the molecule is CC(NC(=O)c1ccnc(Cl)c1)c1cccnc1. The fourth-order valence-corrected chi connectivity index (χ4v) is 1.71. The van der Waals surface area contributed by atoms with Gasteiger partial charge in [-0.05, 0) is 30.7 Å². The average Bonchev–Trinajstić information content (AvgIpc) is 2.39. The molecule has 0 radical (unpaired) electrons. The van der Waals surface area contributed by atoms with Crippen LogP contribution in [0.5, 0.6) is 0 Å². The van der Waals surface area contributed by atoms with E-state index in [2.05, 4.69) is 15.3 Å². The largest absolute Gasteiger partial charge is 0.345 e. The number of aromatic nitrogens is 2. The van der Waals surface area contributed by atoms with E-state index in [4.69, 9.17) is 11.6 Å². The first kappa shape index (κ1) is 12.5. The summed E-state index contributed by atoms with van der Waals surface area (Å²) in [6.07, 6.45) is 4.93. The van der Waals surface area contributed by atoms with Crippen LogP contribution in [0.2, 0.25) is 5.15 Å². The molecule has 0 aromatic carbocycles. The van der Waals surface area contributed by atoms with Gasteiger partial charge in [-0.2, -0.15) is 0 Å². The van der Waals surface area contributed by atoms with Crippen molar-refractivity contribution in [3.05, 3.63) is 59.1 Å². The van der Waals surface area contributed by atoms with Crippen molar-refractivity contribution in [2.75, 3.05) is 0 Å². The zero-order valence-electron chi connectivity index (χ0n) is 9.80. The molecule has 4 nitrogen and oxygen atoms in total. The molecule has 0 aliphatic heterocycles. The predicted octanol–water partition coefficient (Wildman–Crippen LogP) is 2.62. The summed E-state index contributed by atoms with van der Waals surface area (Å²) in [5, 5.41) is 3.18. The molecule has 0 aliphatic carbocycles. The Kier molecular flexibility index (Phi) is 3.89. The summed E-state index contributed by atoms with van der Waals surface area (Å²) in [5.74, 6) is -0.185. The molecule has 0 aliphatic rings. The van der Waals surface area contributed by atoms with Crippen LogP contribution in [0.4, 0.5) is 0 Å². The molecule has 0 spiro atoms. The summed E-state index contributed by atoms with van der Waals surface area (Å²) in [6.45, 7) is 1.90. The molecular formula is C13H12ClN3O. The van der Waals surface area contributed by atoms with Crippen molar-refractivity contribution in [2.24, 2.45) is 0 Å². The van der Waals surface area contributed by atoms with Crippen LogP contribution in [-0.4, -0.2) is 15.9 Å². The van der Waals surface area contributed by atoms with Gasteiger partial charge in [0.15, 0.2) is 0 Å². The van der Waals surface area contributed by atoms with Crippen LogP contribution < -0.4 is 5.32 Å². The van der Waals surface area contributed by atoms with Gasteiger partial charge in [0, 0.05) is 24.2 Å². The third kappa shape index (κ3) is 3.05. The summed E-state index contributed by atoms with van der Waals surface area (Å²) in [4.78, 5) is 19.8. The van der Waals surface area contributed by atoms with E-state index >= 15 is 0 Å². The highest BCUT2D eigenvalue weighted by molar-refractivity contribution is 6.29. The van der Waals surface area contributed by atoms with E-state index in [1.54, 1.807) is 18.5 Å². The van der Waals surface area contributed by atoms with Crippen molar-refractivity contribution >= 4 is 17.5 Å². The minimum absolute atomic E-state index is 0.113. The number of carbonyl (C=O) groups is 1. The van der Waals surface area contributed by atoms with Crippen molar-refractivity contribution in [1.82, 2.24) is 15.3 Å². The molecule has 1 N–H and O–H groups in total. The Morgan fingerprint density at radius 3 is 2.89 bits per heavy atom. The number of nitrogens with one attached hydrogen (secondary N) is 1. The smallest absolute Gasteiger partial charge is 0.251 e. The van der Waals surface area contributed by atoms with Gasteiger partial charge >= 0.3 is 0 Å². The number of carbonyl (C=O) groups excluding carboxylic acids is 1. The minimum Gasteiger partial charge on any atom is -0.345 e. The van der Waals surface area contributed by atoms with Crippen molar-refractivity contribution < 1.29 is 4.79 Å². The van der Waals surface area contributed by atoms with Gasteiger partial charge in [0.2, 0.25) is 0 Å². The van der Waals surface area contributed by atoms with E-state index < -0.39 is 0 Å². The Hall–Kier alpha value is -1.94. The van der Waals surface area contributed by atoms with Gasteiger partial charge in [-0.25, -0.2) is 4.98 Å². The van der Waals surface area contributed by atoms with Crippen LogP contribution >= 0.6 is 11.6 Å². The Morgan fingerprint density at radius 2 is 2.22 bits per heavy atom. The molecule has 92 valence electrons. The molecule has 18 heavy (non-hydrogen) atoms. The van der Waals surface area contributed by atoms with Crippen molar-refractivity contribution in [1.29, 1.82) is 0 Å². The maximum atomic E-state index is 12.0. The molecule has 2 aromatic rings. The lowest BCUT2D eigenvalue weighted by Crippen LogP contribution is -2.26. The van der Waals surface area contributed by atoms with Crippen molar-refractivity contribution in [3.63, 3.8) is 0 Å². The monoisotopic (exact) mass is 261 g/mol. The molecule has 0 saturated carbocycles. The molecule has 0 fully saturated rings. The fraction of sp³-hybridized carbons (Fsp3) is 0.154. The lowest BCUT2D eigenvalue weighted by atomic mass is 10.1. The second-order valence-corrected chi connectivity index (χ2v) is 4.24. The standard InChI is InChI=1S/C13H12ClN3O/c1-9(11-3-2-5-15-8-11)17-13(18)10-4-6-16-12(14)7-10/h2-9H,1H3,(H,17,18). The van der Waals surface area contributed by atoms with Crippen molar-refractivity contribution in [3.8, 4) is 0 Å². The molecule has 1 amide bonds. The van der Waals surface area contributed by atoms with Gasteiger partial charge < -0.3 is 5.32 Å². The number of hydrogen-bond donors (Lipinski definition) is 1. The molecule has 1 unspecified atom stereocenters. The summed E-state index contributed by atoms with van der Waals surface area (Å²) >= 11 is 5.74. The normalized spacial score (nSPS) is 11.9. The Bertz CT molecular complexity index is 545. The van der Waals surface area contributed by atoms with E-state index in [9.17, 15) is 4.79 Å². The lowest BCUT2D eigenvalue weighted by molar-refractivity contribution is 0.0939. The Labute approximate surface area is 110 Å². The second kappa shape index (κ2) is 5.60. The Morgan fingerprint density at radius 1 is 1.39 bits per heavy atom. The van der Waals surface area contributed by atoms with Gasteiger partial charge in [0.05, 0.1) is 6.04 Å². The van der Waals surface area contributed by atoms with Gasteiger partial charge in [0.25, 0.3) is 5.91 Å². The van der Waals surface area contributed by atoms with Crippen LogP contribution in [-0.2, 0) is 0 Å². The Balaban J connectivity index is 2.08. The third-order valence-electron chi connectivity index (χ3n) is 2.52. The van der Waals surface area contributed by atoms with Gasteiger partial charge in [0.1, 0.15) is 5.15 Å². The number of halogens is 1. The first-order valence-corrected chi connectivity index (χ1v) is 5.87.